The number of hydrogen-bond acceptors (Lipinski definition) is 6. The number of nitrogens with one attached hydrogen (secondary N) is 2. The number of amides is 1. The summed E-state index contributed by atoms with van der Waals surface area (Å²) in [6.07, 6.45) is 0.704. The van der Waals surface area contributed by atoms with E-state index in [4.69, 9.17) is 9.26 Å². The van der Waals surface area contributed by atoms with Gasteiger partial charge in [-0.2, -0.15) is 0 Å². The summed E-state index contributed by atoms with van der Waals surface area (Å²) in [7, 11) is -2.19. The van der Waals surface area contributed by atoms with Gasteiger partial charge in [0.05, 0.1) is 4.90 Å². The molecular weight excluding hydrogens is 334 g/mol. The summed E-state index contributed by atoms with van der Waals surface area (Å²) >= 11 is 0. The van der Waals surface area contributed by atoms with E-state index in [0.29, 0.717) is 30.9 Å². The first kappa shape index (κ1) is 18.0. The first-order valence-electron chi connectivity index (χ1n) is 7.26. The monoisotopic (exact) mass is 353 g/mol. The second-order valence-electron chi connectivity index (χ2n) is 5.05. The second kappa shape index (κ2) is 7.93. The topological polar surface area (TPSA) is 111 Å². The van der Waals surface area contributed by atoms with Crippen LogP contribution in [-0.2, 0) is 14.8 Å². The summed E-state index contributed by atoms with van der Waals surface area (Å²) in [5.74, 6) is 0.329. The molecule has 2 rings (SSSR count). The molecule has 1 amide bonds. The molecule has 9 heteroatoms. The molecule has 130 valence electrons. The molecule has 1 aromatic carbocycles. The zero-order valence-corrected chi connectivity index (χ0v) is 14.2. The van der Waals surface area contributed by atoms with Gasteiger partial charge in [-0.05, 0) is 37.6 Å². The van der Waals surface area contributed by atoms with E-state index in [-0.39, 0.29) is 16.6 Å². The van der Waals surface area contributed by atoms with Gasteiger partial charge in [-0.3, -0.25) is 9.52 Å². The Kier molecular flexibility index (Phi) is 5.93. The third-order valence-corrected chi connectivity index (χ3v) is 4.48. The molecule has 0 aliphatic rings. The number of sulfonamides is 1. The number of aromatic nitrogens is 1. The fourth-order valence-corrected chi connectivity index (χ4v) is 2.90. The lowest BCUT2D eigenvalue weighted by molar-refractivity contribution is 0.0948. The summed E-state index contributed by atoms with van der Waals surface area (Å²) in [6, 6.07) is 7.10. The molecule has 0 aliphatic carbocycles. The van der Waals surface area contributed by atoms with Gasteiger partial charge in [-0.1, -0.05) is 5.16 Å². The quantitative estimate of drug-likeness (QED) is 0.697. The molecular formula is C15H19N3O5S. The predicted octanol–water partition coefficient (Wildman–Crippen LogP) is 1.55. The number of hydrogen-bond donors (Lipinski definition) is 2. The maximum Gasteiger partial charge on any atom is 0.263 e. The van der Waals surface area contributed by atoms with Crippen LogP contribution in [0.25, 0.3) is 0 Å². The molecule has 0 atom stereocenters. The van der Waals surface area contributed by atoms with E-state index < -0.39 is 10.0 Å². The van der Waals surface area contributed by atoms with Crippen molar-refractivity contribution in [3.8, 4) is 0 Å². The fourth-order valence-electron chi connectivity index (χ4n) is 1.92. The number of carbonyl (C=O) groups excluding carboxylic acids is 1. The van der Waals surface area contributed by atoms with Crippen LogP contribution < -0.4 is 10.0 Å². The van der Waals surface area contributed by atoms with Gasteiger partial charge in [-0.25, -0.2) is 8.42 Å². The van der Waals surface area contributed by atoms with Crippen LogP contribution in [0.4, 0.5) is 5.82 Å². The summed E-state index contributed by atoms with van der Waals surface area (Å²) < 4.78 is 36.5. The molecule has 2 N–H and O–H groups in total. The van der Waals surface area contributed by atoms with Gasteiger partial charge >= 0.3 is 0 Å². The number of anilines is 1. The molecule has 1 aromatic heterocycles. The van der Waals surface area contributed by atoms with Crippen molar-refractivity contribution in [3.05, 3.63) is 41.7 Å². The molecule has 0 fully saturated rings. The average Bonchev–Trinajstić information content (AvgIpc) is 2.95. The molecule has 1 heterocycles. The second-order valence-corrected chi connectivity index (χ2v) is 6.74. The number of nitrogens with zero attached hydrogens (tertiary/aromatic N) is 1. The molecule has 0 spiro atoms. The maximum absolute atomic E-state index is 12.2. The number of rotatable bonds is 8. The molecule has 0 bridgehead atoms. The smallest absolute Gasteiger partial charge is 0.263 e. The van der Waals surface area contributed by atoms with Crippen LogP contribution in [0, 0.1) is 6.92 Å². The van der Waals surface area contributed by atoms with Crippen LogP contribution >= 0.6 is 0 Å². The highest BCUT2D eigenvalue weighted by molar-refractivity contribution is 7.92. The van der Waals surface area contributed by atoms with Gasteiger partial charge in [0.1, 0.15) is 5.76 Å². The van der Waals surface area contributed by atoms with Gasteiger partial charge in [0.15, 0.2) is 5.82 Å². The number of methoxy groups -OCH3 is 1. The largest absolute Gasteiger partial charge is 0.385 e. The number of carbonyl (C=O) groups is 1. The lowest BCUT2D eigenvalue weighted by Crippen LogP contribution is -2.25. The summed E-state index contributed by atoms with van der Waals surface area (Å²) in [6.45, 7) is 2.70. The summed E-state index contributed by atoms with van der Waals surface area (Å²) in [4.78, 5) is 12.0. The number of aryl methyl sites for hydroxylation is 1. The van der Waals surface area contributed by atoms with Gasteiger partial charge in [0.2, 0.25) is 0 Å². The minimum Gasteiger partial charge on any atom is -0.385 e. The van der Waals surface area contributed by atoms with Crippen LogP contribution in [0.3, 0.4) is 0 Å². The van der Waals surface area contributed by atoms with Crippen molar-refractivity contribution in [2.24, 2.45) is 0 Å². The Morgan fingerprint density at radius 1 is 1.29 bits per heavy atom. The van der Waals surface area contributed by atoms with Crippen LogP contribution in [0.15, 0.2) is 39.8 Å². The molecule has 0 saturated heterocycles. The van der Waals surface area contributed by atoms with Crippen LogP contribution in [0.2, 0.25) is 0 Å². The highest BCUT2D eigenvalue weighted by atomic mass is 32.2. The fraction of sp³-hybridized carbons (Fsp3) is 0.333. The zero-order chi connectivity index (χ0) is 17.6. The average molecular weight is 353 g/mol. The van der Waals surface area contributed by atoms with Gasteiger partial charge in [-0.15, -0.1) is 0 Å². The van der Waals surface area contributed by atoms with Gasteiger partial charge in [0.25, 0.3) is 15.9 Å². The molecule has 0 saturated carbocycles. The van der Waals surface area contributed by atoms with E-state index in [0.717, 1.165) is 0 Å². The van der Waals surface area contributed by atoms with Crippen LogP contribution in [0.1, 0.15) is 22.5 Å². The number of benzene rings is 1. The molecule has 8 nitrogen and oxygen atoms in total. The maximum atomic E-state index is 12.2. The minimum absolute atomic E-state index is 0.0269. The summed E-state index contributed by atoms with van der Waals surface area (Å²) in [5, 5.41) is 6.31. The zero-order valence-electron chi connectivity index (χ0n) is 13.4. The van der Waals surface area contributed by atoms with Crippen molar-refractivity contribution < 1.29 is 22.5 Å². The molecule has 2 aromatic rings. The van der Waals surface area contributed by atoms with E-state index in [1.54, 1.807) is 14.0 Å². The van der Waals surface area contributed by atoms with E-state index in [1.807, 2.05) is 0 Å². The predicted molar refractivity (Wildman–Crippen MR) is 87.3 cm³/mol. The van der Waals surface area contributed by atoms with Crippen LogP contribution in [-0.4, -0.2) is 39.7 Å². The lowest BCUT2D eigenvalue weighted by Gasteiger charge is -2.07. The van der Waals surface area contributed by atoms with Crippen molar-refractivity contribution in [1.82, 2.24) is 10.5 Å². The van der Waals surface area contributed by atoms with Crippen molar-refractivity contribution >= 4 is 21.7 Å². The lowest BCUT2D eigenvalue weighted by atomic mass is 10.2. The van der Waals surface area contributed by atoms with E-state index in [9.17, 15) is 13.2 Å². The van der Waals surface area contributed by atoms with Crippen molar-refractivity contribution in [3.63, 3.8) is 0 Å². The summed E-state index contributed by atoms with van der Waals surface area (Å²) in [5.41, 5.74) is 0.378. The van der Waals surface area contributed by atoms with Crippen LogP contribution in [0.5, 0.6) is 0 Å². The van der Waals surface area contributed by atoms with Crippen molar-refractivity contribution in [2.75, 3.05) is 25.0 Å². The third kappa shape index (κ3) is 4.80. The Hall–Kier alpha value is -2.39. The minimum atomic E-state index is -3.79. The molecule has 0 aliphatic heterocycles. The normalized spacial score (nSPS) is 11.2. The number of ether oxygens (including phenoxy) is 1. The van der Waals surface area contributed by atoms with E-state index in [1.165, 1.54) is 30.3 Å². The first-order chi connectivity index (χ1) is 11.4. The Balaban J connectivity index is 2.01. The Labute approximate surface area is 140 Å². The van der Waals surface area contributed by atoms with E-state index >= 15 is 0 Å². The third-order valence-electron chi connectivity index (χ3n) is 3.10. The Bertz CT molecular complexity index is 784. The molecule has 0 unspecified atom stereocenters. The molecule has 0 radical (unpaired) electrons. The first-order valence-corrected chi connectivity index (χ1v) is 8.74. The van der Waals surface area contributed by atoms with E-state index in [2.05, 4.69) is 15.2 Å². The molecule has 24 heavy (non-hydrogen) atoms. The SMILES string of the molecule is COCCCNC(=O)c1ccc(S(=O)(=O)Nc2cc(C)on2)cc1. The van der Waals surface area contributed by atoms with Gasteiger partial charge < -0.3 is 14.6 Å². The highest BCUT2D eigenvalue weighted by Crippen LogP contribution is 2.16. The van der Waals surface area contributed by atoms with Crippen molar-refractivity contribution in [1.29, 1.82) is 0 Å². The standard InChI is InChI=1S/C15H19N3O5S/c1-11-10-14(17-23-11)18-24(20,21)13-6-4-12(5-7-13)15(19)16-8-3-9-22-2/h4-7,10H,3,8-9H2,1-2H3,(H,16,19)(H,17,18). The Morgan fingerprint density at radius 2 is 2.00 bits per heavy atom. The highest BCUT2D eigenvalue weighted by Gasteiger charge is 2.17. The van der Waals surface area contributed by atoms with Gasteiger partial charge in [0, 0.05) is 31.9 Å². The van der Waals surface area contributed by atoms with Crippen molar-refractivity contribution in [2.45, 2.75) is 18.2 Å². The Morgan fingerprint density at radius 3 is 2.58 bits per heavy atom.